The Morgan fingerprint density at radius 1 is 1.14 bits per heavy atom. The van der Waals surface area contributed by atoms with Gasteiger partial charge in [0.15, 0.2) is 5.82 Å². The molecule has 0 spiro atoms. The van der Waals surface area contributed by atoms with Gasteiger partial charge in [0.2, 0.25) is 17.6 Å². The van der Waals surface area contributed by atoms with Crippen LogP contribution in [0.1, 0.15) is 17.9 Å². The molecule has 0 fully saturated rings. The summed E-state index contributed by atoms with van der Waals surface area (Å²) in [4.78, 5) is 20.9. The van der Waals surface area contributed by atoms with Gasteiger partial charge in [-0.25, -0.2) is 9.67 Å². The van der Waals surface area contributed by atoms with Gasteiger partial charge in [0.05, 0.1) is 0 Å². The summed E-state index contributed by atoms with van der Waals surface area (Å²) in [6, 6.07) is 12.7. The lowest BCUT2D eigenvalue weighted by Gasteiger charge is -2.09. The topological polar surface area (TPSA) is 98.7 Å². The van der Waals surface area contributed by atoms with Crippen molar-refractivity contribution in [3.05, 3.63) is 77.5 Å². The standard InChI is InChI=1S/C20H17ClN6O2/c21-16-6-4-14(5-7-16)19-25-18(29-26-19)9-8-17(28)23-13-15-3-1-10-22-20(15)27-12-2-11-24-27/h1-7,10-12H,8-9,13H2,(H,23,28). The van der Waals surface area contributed by atoms with Crippen molar-refractivity contribution in [1.82, 2.24) is 30.2 Å². The molecule has 0 aliphatic carbocycles. The lowest BCUT2D eigenvalue weighted by Crippen LogP contribution is -2.24. The molecule has 3 aromatic heterocycles. The van der Waals surface area contributed by atoms with Gasteiger partial charge in [-0.1, -0.05) is 22.8 Å². The molecule has 29 heavy (non-hydrogen) atoms. The van der Waals surface area contributed by atoms with Crippen molar-refractivity contribution in [2.75, 3.05) is 0 Å². The van der Waals surface area contributed by atoms with Crippen LogP contribution in [0.3, 0.4) is 0 Å². The van der Waals surface area contributed by atoms with Gasteiger partial charge in [-0.05, 0) is 36.4 Å². The molecule has 1 amide bonds. The second-order valence-electron chi connectivity index (χ2n) is 6.23. The smallest absolute Gasteiger partial charge is 0.227 e. The highest BCUT2D eigenvalue weighted by molar-refractivity contribution is 6.30. The van der Waals surface area contributed by atoms with Gasteiger partial charge < -0.3 is 9.84 Å². The zero-order valence-electron chi connectivity index (χ0n) is 15.3. The first-order valence-corrected chi connectivity index (χ1v) is 9.36. The van der Waals surface area contributed by atoms with Gasteiger partial charge in [-0.15, -0.1) is 0 Å². The molecular formula is C20H17ClN6O2. The zero-order valence-corrected chi connectivity index (χ0v) is 16.1. The minimum Gasteiger partial charge on any atom is -0.352 e. The summed E-state index contributed by atoms with van der Waals surface area (Å²) < 4.78 is 6.90. The molecule has 1 N–H and O–H groups in total. The SMILES string of the molecule is O=C(CCc1nc(-c2ccc(Cl)cc2)no1)NCc1cccnc1-n1cccn1. The number of aromatic nitrogens is 5. The Hall–Kier alpha value is -3.52. The fraction of sp³-hybridized carbons (Fsp3) is 0.150. The number of carbonyl (C=O) groups is 1. The third-order valence-electron chi connectivity index (χ3n) is 4.20. The molecule has 0 saturated heterocycles. The summed E-state index contributed by atoms with van der Waals surface area (Å²) in [5.41, 5.74) is 1.67. The van der Waals surface area contributed by atoms with E-state index in [9.17, 15) is 4.79 Å². The number of benzene rings is 1. The van der Waals surface area contributed by atoms with Crippen molar-refractivity contribution in [3.63, 3.8) is 0 Å². The van der Waals surface area contributed by atoms with E-state index in [0.29, 0.717) is 35.5 Å². The zero-order chi connectivity index (χ0) is 20.1. The summed E-state index contributed by atoms with van der Waals surface area (Å²) in [6.45, 7) is 0.349. The Morgan fingerprint density at radius 2 is 2.00 bits per heavy atom. The molecule has 146 valence electrons. The maximum absolute atomic E-state index is 12.2. The third kappa shape index (κ3) is 4.67. The number of nitrogens with zero attached hydrogens (tertiary/aromatic N) is 5. The molecule has 0 saturated carbocycles. The fourth-order valence-corrected chi connectivity index (χ4v) is 2.87. The van der Waals surface area contributed by atoms with Crippen LogP contribution in [0.25, 0.3) is 17.2 Å². The lowest BCUT2D eigenvalue weighted by molar-refractivity contribution is -0.121. The minimum absolute atomic E-state index is 0.119. The number of carbonyl (C=O) groups excluding carboxylic acids is 1. The molecule has 0 atom stereocenters. The number of hydrogen-bond donors (Lipinski definition) is 1. The van der Waals surface area contributed by atoms with Gasteiger partial charge in [0.1, 0.15) is 0 Å². The van der Waals surface area contributed by atoms with E-state index in [1.807, 2.05) is 36.5 Å². The molecule has 4 rings (SSSR count). The molecular weight excluding hydrogens is 392 g/mol. The van der Waals surface area contributed by atoms with E-state index in [0.717, 1.165) is 11.1 Å². The number of hydrogen-bond acceptors (Lipinski definition) is 6. The first kappa shape index (κ1) is 18.8. The average Bonchev–Trinajstić information content (AvgIpc) is 3.44. The summed E-state index contributed by atoms with van der Waals surface area (Å²) in [5.74, 6) is 1.44. The van der Waals surface area contributed by atoms with Gasteiger partial charge in [0, 0.05) is 54.1 Å². The van der Waals surface area contributed by atoms with E-state index < -0.39 is 0 Å². The summed E-state index contributed by atoms with van der Waals surface area (Å²) >= 11 is 5.88. The molecule has 1 aromatic carbocycles. The molecule has 0 unspecified atom stereocenters. The highest BCUT2D eigenvalue weighted by Gasteiger charge is 2.12. The van der Waals surface area contributed by atoms with Gasteiger partial charge >= 0.3 is 0 Å². The molecule has 0 aliphatic rings. The minimum atomic E-state index is -0.119. The van der Waals surface area contributed by atoms with Crippen LogP contribution in [0.4, 0.5) is 0 Å². The normalized spacial score (nSPS) is 10.8. The monoisotopic (exact) mass is 408 g/mol. The molecule has 0 aliphatic heterocycles. The van der Waals surface area contributed by atoms with Crippen LogP contribution in [0.5, 0.6) is 0 Å². The molecule has 9 heteroatoms. The predicted molar refractivity (Wildman–Crippen MR) is 106 cm³/mol. The Morgan fingerprint density at radius 3 is 2.79 bits per heavy atom. The quantitative estimate of drug-likeness (QED) is 0.504. The molecule has 0 radical (unpaired) electrons. The van der Waals surface area contributed by atoms with Crippen molar-refractivity contribution in [3.8, 4) is 17.2 Å². The van der Waals surface area contributed by atoms with Crippen molar-refractivity contribution >= 4 is 17.5 Å². The average molecular weight is 409 g/mol. The Bertz CT molecular complexity index is 1090. The van der Waals surface area contributed by atoms with Crippen LogP contribution in [0.2, 0.25) is 5.02 Å². The van der Waals surface area contributed by atoms with E-state index in [1.54, 1.807) is 29.2 Å². The van der Waals surface area contributed by atoms with E-state index in [1.165, 1.54) is 0 Å². The van der Waals surface area contributed by atoms with Crippen LogP contribution in [-0.4, -0.2) is 30.8 Å². The highest BCUT2D eigenvalue weighted by atomic mass is 35.5. The number of nitrogens with one attached hydrogen (secondary N) is 1. The van der Waals surface area contributed by atoms with Crippen LogP contribution in [0.15, 0.2) is 65.6 Å². The second-order valence-corrected chi connectivity index (χ2v) is 6.67. The van der Waals surface area contributed by atoms with E-state index >= 15 is 0 Å². The first-order chi connectivity index (χ1) is 14.2. The van der Waals surface area contributed by atoms with E-state index in [-0.39, 0.29) is 12.3 Å². The van der Waals surface area contributed by atoms with Crippen LogP contribution >= 0.6 is 11.6 Å². The van der Waals surface area contributed by atoms with Crippen LogP contribution in [-0.2, 0) is 17.8 Å². The van der Waals surface area contributed by atoms with Crippen molar-refractivity contribution < 1.29 is 9.32 Å². The highest BCUT2D eigenvalue weighted by Crippen LogP contribution is 2.19. The lowest BCUT2D eigenvalue weighted by atomic mass is 10.2. The summed E-state index contributed by atoms with van der Waals surface area (Å²) in [5, 5.41) is 11.7. The number of amides is 1. The number of aryl methyl sites for hydroxylation is 1. The molecule has 8 nitrogen and oxygen atoms in total. The van der Waals surface area contributed by atoms with Gasteiger partial charge in [-0.3, -0.25) is 4.79 Å². The summed E-state index contributed by atoms with van der Waals surface area (Å²) in [7, 11) is 0. The number of halogens is 1. The maximum Gasteiger partial charge on any atom is 0.227 e. The summed E-state index contributed by atoms with van der Waals surface area (Å²) in [6.07, 6.45) is 5.77. The maximum atomic E-state index is 12.2. The Labute approximate surface area is 171 Å². The van der Waals surface area contributed by atoms with Gasteiger partial charge in [0.25, 0.3) is 0 Å². The van der Waals surface area contributed by atoms with Crippen molar-refractivity contribution in [2.45, 2.75) is 19.4 Å². The number of rotatable bonds is 7. The van der Waals surface area contributed by atoms with Crippen molar-refractivity contribution in [1.29, 1.82) is 0 Å². The number of pyridine rings is 1. The molecule has 4 aromatic rings. The Kier molecular flexibility index (Phi) is 5.62. The third-order valence-corrected chi connectivity index (χ3v) is 4.45. The fourth-order valence-electron chi connectivity index (χ4n) is 2.74. The second kappa shape index (κ2) is 8.66. The Balaban J connectivity index is 1.32. The molecule has 3 heterocycles. The van der Waals surface area contributed by atoms with E-state index in [4.69, 9.17) is 16.1 Å². The largest absolute Gasteiger partial charge is 0.352 e. The molecule has 0 bridgehead atoms. The predicted octanol–water partition coefficient (Wildman–Crippen LogP) is 3.22. The first-order valence-electron chi connectivity index (χ1n) is 8.98. The van der Waals surface area contributed by atoms with Crippen LogP contribution < -0.4 is 5.32 Å². The van der Waals surface area contributed by atoms with Crippen molar-refractivity contribution in [2.24, 2.45) is 0 Å². The van der Waals surface area contributed by atoms with Gasteiger partial charge in [-0.2, -0.15) is 10.1 Å². The van der Waals surface area contributed by atoms with Crippen LogP contribution in [0, 0.1) is 0 Å². The van der Waals surface area contributed by atoms with E-state index in [2.05, 4.69) is 25.5 Å².